The van der Waals surface area contributed by atoms with Crippen molar-refractivity contribution < 1.29 is 9.53 Å². The summed E-state index contributed by atoms with van der Waals surface area (Å²) >= 11 is 1.65. The van der Waals surface area contributed by atoms with Crippen LogP contribution in [0, 0.1) is 5.92 Å². The number of carbonyl (C=O) groups is 1. The molecule has 1 aromatic carbocycles. The molecular formula is C15H20N2O2S. The normalized spacial score (nSPS) is 19.6. The fraction of sp³-hybridized carbons (Fsp3) is 0.467. The highest BCUT2D eigenvalue weighted by molar-refractivity contribution is 8.14. The second kappa shape index (κ2) is 6.79. The summed E-state index contributed by atoms with van der Waals surface area (Å²) in [5, 5.41) is 4.03. The van der Waals surface area contributed by atoms with E-state index >= 15 is 0 Å². The van der Waals surface area contributed by atoms with Crippen LogP contribution in [0.5, 0.6) is 0 Å². The monoisotopic (exact) mass is 292 g/mol. The highest BCUT2D eigenvalue weighted by atomic mass is 32.2. The van der Waals surface area contributed by atoms with E-state index in [-0.39, 0.29) is 24.0 Å². The molecule has 2 rings (SSSR count). The molecule has 0 amide bonds. The molecule has 0 saturated heterocycles. The van der Waals surface area contributed by atoms with Crippen molar-refractivity contribution in [3.05, 3.63) is 35.9 Å². The van der Waals surface area contributed by atoms with Gasteiger partial charge in [0.25, 0.3) is 0 Å². The first-order chi connectivity index (χ1) is 9.61. The quantitative estimate of drug-likeness (QED) is 0.867. The first-order valence-electron chi connectivity index (χ1n) is 6.71. The van der Waals surface area contributed by atoms with Crippen molar-refractivity contribution in [1.82, 2.24) is 5.32 Å². The van der Waals surface area contributed by atoms with Gasteiger partial charge in [-0.15, -0.1) is 0 Å². The Labute approximate surface area is 124 Å². The van der Waals surface area contributed by atoms with Crippen LogP contribution in [-0.4, -0.2) is 30.0 Å². The average molecular weight is 292 g/mol. The Balaban J connectivity index is 2.05. The third-order valence-corrected chi connectivity index (χ3v) is 4.22. The molecule has 5 heteroatoms. The first kappa shape index (κ1) is 14.9. The van der Waals surface area contributed by atoms with Crippen LogP contribution in [0.3, 0.4) is 0 Å². The van der Waals surface area contributed by atoms with Gasteiger partial charge in [0.15, 0.2) is 5.17 Å². The number of hydrogen-bond donors (Lipinski definition) is 1. The third-order valence-electron chi connectivity index (χ3n) is 3.24. The number of thioether (sulfide) groups is 1. The number of hydrogen-bond acceptors (Lipinski definition) is 5. The summed E-state index contributed by atoms with van der Waals surface area (Å²) in [5.74, 6) is 0.811. The minimum atomic E-state index is -0.347. The maximum absolute atomic E-state index is 11.7. The first-order valence-corrected chi connectivity index (χ1v) is 7.70. The number of esters is 1. The highest BCUT2D eigenvalue weighted by Crippen LogP contribution is 2.29. The summed E-state index contributed by atoms with van der Waals surface area (Å²) in [5.41, 5.74) is 1.20. The van der Waals surface area contributed by atoms with E-state index in [1.165, 1.54) is 12.7 Å². The largest absolute Gasteiger partial charge is 0.467 e. The van der Waals surface area contributed by atoms with E-state index < -0.39 is 0 Å². The summed E-state index contributed by atoms with van der Waals surface area (Å²) in [4.78, 5) is 16.4. The van der Waals surface area contributed by atoms with E-state index in [4.69, 9.17) is 4.74 Å². The van der Waals surface area contributed by atoms with Crippen LogP contribution < -0.4 is 5.32 Å². The van der Waals surface area contributed by atoms with Gasteiger partial charge in [0.1, 0.15) is 6.04 Å². The molecule has 1 heterocycles. The molecule has 1 aliphatic rings. The van der Waals surface area contributed by atoms with Crippen molar-refractivity contribution in [2.24, 2.45) is 10.9 Å². The predicted octanol–water partition coefficient (Wildman–Crippen LogP) is 2.62. The van der Waals surface area contributed by atoms with Crippen molar-refractivity contribution >= 4 is 22.9 Å². The minimum absolute atomic E-state index is 0.154. The molecule has 0 aliphatic carbocycles. The number of nitrogens with one attached hydrogen (secondary N) is 1. The van der Waals surface area contributed by atoms with Crippen LogP contribution in [0.2, 0.25) is 0 Å². The number of ether oxygens (including phenoxy) is 1. The SMILES string of the molecule is COC(=O)C(NC1=NC(c2ccccc2)CS1)C(C)C. The average Bonchev–Trinajstić information content (AvgIpc) is 2.93. The van der Waals surface area contributed by atoms with Gasteiger partial charge in [0.2, 0.25) is 0 Å². The molecule has 2 unspecified atom stereocenters. The molecule has 108 valence electrons. The fourth-order valence-corrected chi connectivity index (χ4v) is 3.05. The molecule has 0 spiro atoms. The van der Waals surface area contributed by atoms with Crippen LogP contribution in [0.25, 0.3) is 0 Å². The lowest BCUT2D eigenvalue weighted by atomic mass is 10.1. The molecule has 4 nitrogen and oxygen atoms in total. The molecule has 1 N–H and O–H groups in total. The molecule has 20 heavy (non-hydrogen) atoms. The van der Waals surface area contributed by atoms with E-state index in [1.54, 1.807) is 11.8 Å². The van der Waals surface area contributed by atoms with Crippen molar-refractivity contribution in [2.75, 3.05) is 12.9 Å². The van der Waals surface area contributed by atoms with Gasteiger partial charge in [-0.05, 0) is 11.5 Å². The van der Waals surface area contributed by atoms with Gasteiger partial charge in [0.05, 0.1) is 13.2 Å². The van der Waals surface area contributed by atoms with Gasteiger partial charge in [-0.25, -0.2) is 4.79 Å². The van der Waals surface area contributed by atoms with Crippen molar-refractivity contribution in [1.29, 1.82) is 0 Å². The van der Waals surface area contributed by atoms with Gasteiger partial charge < -0.3 is 10.1 Å². The van der Waals surface area contributed by atoms with Crippen LogP contribution in [0.1, 0.15) is 25.5 Å². The van der Waals surface area contributed by atoms with Gasteiger partial charge in [-0.1, -0.05) is 55.9 Å². The number of nitrogens with zero attached hydrogens (tertiary/aromatic N) is 1. The second-order valence-electron chi connectivity index (χ2n) is 5.06. The standard InChI is InChI=1S/C15H20N2O2S/c1-10(2)13(14(18)19-3)17-15-16-12(9-20-15)11-7-5-4-6-8-11/h4-8,10,12-13H,9H2,1-3H3,(H,16,17). The Morgan fingerprint density at radius 3 is 2.70 bits per heavy atom. The van der Waals surface area contributed by atoms with Gasteiger partial charge in [-0.3, -0.25) is 4.99 Å². The summed E-state index contributed by atoms with van der Waals surface area (Å²) in [6, 6.07) is 10.0. The maximum Gasteiger partial charge on any atom is 0.328 e. The number of amidine groups is 1. The van der Waals surface area contributed by atoms with Crippen molar-refractivity contribution in [2.45, 2.75) is 25.9 Å². The van der Waals surface area contributed by atoms with Crippen LogP contribution in [-0.2, 0) is 9.53 Å². The minimum Gasteiger partial charge on any atom is -0.467 e. The molecule has 1 aromatic rings. The molecule has 0 fully saturated rings. The van der Waals surface area contributed by atoms with Gasteiger partial charge in [0, 0.05) is 5.75 Å². The van der Waals surface area contributed by atoms with E-state index in [0.29, 0.717) is 0 Å². The smallest absolute Gasteiger partial charge is 0.328 e. The van der Waals surface area contributed by atoms with E-state index in [9.17, 15) is 4.79 Å². The lowest BCUT2D eigenvalue weighted by molar-refractivity contribution is -0.143. The van der Waals surface area contributed by atoms with Crippen molar-refractivity contribution in [3.8, 4) is 0 Å². The summed E-state index contributed by atoms with van der Waals surface area (Å²) in [7, 11) is 1.41. The zero-order valence-corrected chi connectivity index (χ0v) is 12.8. The Kier molecular flexibility index (Phi) is 5.06. The van der Waals surface area contributed by atoms with E-state index in [1.807, 2.05) is 32.0 Å². The molecular weight excluding hydrogens is 272 g/mol. The van der Waals surface area contributed by atoms with E-state index in [0.717, 1.165) is 10.9 Å². The molecule has 0 aromatic heterocycles. The summed E-state index contributed by atoms with van der Waals surface area (Å²) < 4.78 is 4.83. The third kappa shape index (κ3) is 3.54. The zero-order chi connectivity index (χ0) is 14.5. The second-order valence-corrected chi connectivity index (χ2v) is 6.07. The number of methoxy groups -OCH3 is 1. The Hall–Kier alpha value is -1.49. The topological polar surface area (TPSA) is 50.7 Å². The van der Waals surface area contributed by atoms with Crippen LogP contribution in [0.15, 0.2) is 35.3 Å². The van der Waals surface area contributed by atoms with Crippen molar-refractivity contribution in [3.63, 3.8) is 0 Å². The van der Waals surface area contributed by atoms with Crippen LogP contribution >= 0.6 is 11.8 Å². The number of benzene rings is 1. The summed E-state index contributed by atoms with van der Waals surface area (Å²) in [6.07, 6.45) is 0. The lowest BCUT2D eigenvalue weighted by Crippen LogP contribution is -2.43. The number of aliphatic imine (C=N–C) groups is 1. The number of rotatable bonds is 4. The molecule has 0 saturated carbocycles. The maximum atomic E-state index is 11.7. The Bertz CT molecular complexity index is 488. The highest BCUT2D eigenvalue weighted by Gasteiger charge is 2.27. The predicted molar refractivity (Wildman–Crippen MR) is 82.9 cm³/mol. The number of carbonyl (C=O) groups excluding carboxylic acids is 1. The molecule has 0 radical (unpaired) electrons. The molecule has 2 atom stereocenters. The Morgan fingerprint density at radius 1 is 1.40 bits per heavy atom. The fourth-order valence-electron chi connectivity index (χ4n) is 2.06. The molecule has 1 aliphatic heterocycles. The molecule has 0 bridgehead atoms. The lowest BCUT2D eigenvalue weighted by Gasteiger charge is -2.20. The van der Waals surface area contributed by atoms with E-state index in [2.05, 4.69) is 22.4 Å². The van der Waals surface area contributed by atoms with Crippen LogP contribution in [0.4, 0.5) is 0 Å². The summed E-state index contributed by atoms with van der Waals surface area (Å²) in [6.45, 7) is 3.98. The van der Waals surface area contributed by atoms with Gasteiger partial charge in [-0.2, -0.15) is 0 Å². The Morgan fingerprint density at radius 2 is 2.10 bits per heavy atom. The van der Waals surface area contributed by atoms with Gasteiger partial charge >= 0.3 is 5.97 Å². The zero-order valence-electron chi connectivity index (χ0n) is 12.0.